The van der Waals surface area contributed by atoms with Gasteiger partial charge in [0.05, 0.1) is 0 Å². The molecule has 0 spiro atoms. The molecule has 1 fully saturated rings. The Kier molecular flexibility index (Phi) is 7.40. The molecule has 0 radical (unpaired) electrons. The molecule has 0 N–H and O–H groups in total. The average Bonchev–Trinajstić information content (AvgIpc) is 2.59. The van der Waals surface area contributed by atoms with Crippen LogP contribution in [0.1, 0.15) is 49.4 Å². The first-order valence-electron chi connectivity index (χ1n) is 8.37. The van der Waals surface area contributed by atoms with Gasteiger partial charge < -0.3 is 14.4 Å². The van der Waals surface area contributed by atoms with Crippen molar-refractivity contribution >= 4 is 12.0 Å². The number of carbonyl (C=O) groups is 1. The molecule has 1 aliphatic heterocycles. The molecule has 0 amide bonds. The number of unbranched alkanes of at least 4 members (excludes halogenated alkanes) is 1. The van der Waals surface area contributed by atoms with Crippen molar-refractivity contribution in [2.75, 3.05) is 31.2 Å². The monoisotopic (exact) mass is 305 g/mol. The van der Waals surface area contributed by atoms with Gasteiger partial charge in [0.2, 0.25) is 0 Å². The van der Waals surface area contributed by atoms with Crippen LogP contribution in [0, 0.1) is 0 Å². The van der Waals surface area contributed by atoms with Crippen LogP contribution in [-0.2, 0) is 9.47 Å². The fourth-order valence-corrected chi connectivity index (χ4v) is 2.70. The minimum absolute atomic E-state index is 0.0203. The number of benzene rings is 1. The van der Waals surface area contributed by atoms with Gasteiger partial charge in [-0.05, 0) is 63.3 Å². The summed E-state index contributed by atoms with van der Waals surface area (Å²) in [7, 11) is 0. The quantitative estimate of drug-likeness (QED) is 0.515. The van der Waals surface area contributed by atoms with Crippen LogP contribution in [0.3, 0.4) is 0 Å². The van der Waals surface area contributed by atoms with Gasteiger partial charge >= 0.3 is 0 Å². The molecule has 0 aromatic heterocycles. The van der Waals surface area contributed by atoms with E-state index in [0.29, 0.717) is 0 Å². The summed E-state index contributed by atoms with van der Waals surface area (Å²) in [5, 5.41) is 0. The molecule has 4 nitrogen and oxygen atoms in total. The highest BCUT2D eigenvalue weighted by atomic mass is 16.7. The van der Waals surface area contributed by atoms with Crippen LogP contribution in [0.5, 0.6) is 0 Å². The molecule has 2 rings (SSSR count). The zero-order valence-electron chi connectivity index (χ0n) is 13.5. The van der Waals surface area contributed by atoms with Crippen molar-refractivity contribution in [1.29, 1.82) is 0 Å². The average molecular weight is 305 g/mol. The molecule has 1 unspecified atom stereocenters. The van der Waals surface area contributed by atoms with Crippen molar-refractivity contribution in [3.05, 3.63) is 29.8 Å². The van der Waals surface area contributed by atoms with E-state index in [0.717, 1.165) is 63.8 Å². The van der Waals surface area contributed by atoms with E-state index < -0.39 is 0 Å². The smallest absolute Gasteiger partial charge is 0.157 e. The Hall–Kier alpha value is -1.39. The lowest BCUT2D eigenvalue weighted by Gasteiger charge is -2.24. The van der Waals surface area contributed by atoms with Gasteiger partial charge in [0.1, 0.15) is 6.29 Å². The predicted molar refractivity (Wildman–Crippen MR) is 88.5 cm³/mol. The molecule has 1 aliphatic rings. The van der Waals surface area contributed by atoms with Crippen molar-refractivity contribution in [2.45, 2.75) is 45.3 Å². The minimum Gasteiger partial charge on any atom is -0.372 e. The molecule has 1 aromatic rings. The van der Waals surface area contributed by atoms with E-state index in [1.54, 1.807) is 0 Å². The van der Waals surface area contributed by atoms with Gasteiger partial charge in [0.25, 0.3) is 0 Å². The maximum absolute atomic E-state index is 10.7. The lowest BCUT2D eigenvalue weighted by atomic mass is 10.2. The maximum Gasteiger partial charge on any atom is 0.157 e. The summed E-state index contributed by atoms with van der Waals surface area (Å²) in [6, 6.07) is 7.77. The molecule has 1 saturated heterocycles. The van der Waals surface area contributed by atoms with Crippen LogP contribution in [0.25, 0.3) is 0 Å². The summed E-state index contributed by atoms with van der Waals surface area (Å²) >= 11 is 0. The fourth-order valence-electron chi connectivity index (χ4n) is 2.70. The molecule has 0 aliphatic carbocycles. The SMILES string of the molecule is CCN(CCCCOC1CCCCO1)c1ccc(C=O)cc1. The van der Waals surface area contributed by atoms with E-state index in [-0.39, 0.29) is 6.29 Å². The van der Waals surface area contributed by atoms with E-state index >= 15 is 0 Å². The first kappa shape index (κ1) is 17.0. The molecular formula is C18H27NO3. The molecule has 122 valence electrons. The van der Waals surface area contributed by atoms with Crippen LogP contribution in [0.15, 0.2) is 24.3 Å². The minimum atomic E-state index is 0.0203. The summed E-state index contributed by atoms with van der Waals surface area (Å²) in [4.78, 5) is 13.0. The van der Waals surface area contributed by atoms with E-state index in [9.17, 15) is 4.79 Å². The third kappa shape index (κ3) is 5.43. The molecule has 1 atom stereocenters. The maximum atomic E-state index is 10.7. The number of hydrogen-bond acceptors (Lipinski definition) is 4. The largest absolute Gasteiger partial charge is 0.372 e. The van der Waals surface area contributed by atoms with Gasteiger partial charge in [-0.2, -0.15) is 0 Å². The van der Waals surface area contributed by atoms with Crippen molar-refractivity contribution < 1.29 is 14.3 Å². The van der Waals surface area contributed by atoms with E-state index in [1.807, 2.05) is 24.3 Å². The van der Waals surface area contributed by atoms with Crippen LogP contribution < -0.4 is 4.90 Å². The Balaban J connectivity index is 1.65. The van der Waals surface area contributed by atoms with Crippen molar-refractivity contribution in [3.8, 4) is 0 Å². The molecule has 0 saturated carbocycles. The summed E-state index contributed by atoms with van der Waals surface area (Å²) in [5.74, 6) is 0. The Bertz CT molecular complexity index is 426. The van der Waals surface area contributed by atoms with Gasteiger partial charge in [-0.1, -0.05) is 0 Å². The normalized spacial score (nSPS) is 18.1. The molecular weight excluding hydrogens is 278 g/mol. The number of rotatable bonds is 9. The highest BCUT2D eigenvalue weighted by Crippen LogP contribution is 2.16. The second kappa shape index (κ2) is 9.59. The van der Waals surface area contributed by atoms with Gasteiger partial charge in [0, 0.05) is 37.6 Å². The van der Waals surface area contributed by atoms with E-state index in [2.05, 4.69) is 11.8 Å². The fraction of sp³-hybridized carbons (Fsp3) is 0.611. The summed E-state index contributed by atoms with van der Waals surface area (Å²) in [6.45, 7) is 5.73. The number of carbonyl (C=O) groups excluding carboxylic acids is 1. The molecule has 1 aromatic carbocycles. The van der Waals surface area contributed by atoms with Crippen molar-refractivity contribution in [1.82, 2.24) is 0 Å². The zero-order valence-corrected chi connectivity index (χ0v) is 13.5. The summed E-state index contributed by atoms with van der Waals surface area (Å²) in [5.41, 5.74) is 1.89. The van der Waals surface area contributed by atoms with Gasteiger partial charge in [-0.15, -0.1) is 0 Å². The molecule has 4 heteroatoms. The topological polar surface area (TPSA) is 38.8 Å². The molecule has 22 heavy (non-hydrogen) atoms. The first-order valence-corrected chi connectivity index (χ1v) is 8.37. The standard InChI is InChI=1S/C18H27NO3/c1-2-19(17-10-8-16(15-20)9-11-17)12-4-6-14-22-18-7-3-5-13-21-18/h8-11,15,18H,2-7,12-14H2,1H3. The lowest BCUT2D eigenvalue weighted by molar-refractivity contribution is -0.162. The number of anilines is 1. The van der Waals surface area contributed by atoms with E-state index in [4.69, 9.17) is 9.47 Å². The summed E-state index contributed by atoms with van der Waals surface area (Å²) in [6.07, 6.45) is 6.44. The van der Waals surface area contributed by atoms with Crippen LogP contribution in [-0.4, -0.2) is 38.9 Å². The third-order valence-corrected chi connectivity index (χ3v) is 4.04. The molecule has 1 heterocycles. The highest BCUT2D eigenvalue weighted by Gasteiger charge is 2.13. The van der Waals surface area contributed by atoms with E-state index in [1.165, 1.54) is 12.1 Å². The summed E-state index contributed by atoms with van der Waals surface area (Å²) < 4.78 is 11.3. The van der Waals surface area contributed by atoms with Crippen LogP contribution >= 0.6 is 0 Å². The first-order chi connectivity index (χ1) is 10.8. The number of ether oxygens (including phenoxy) is 2. The second-order valence-electron chi connectivity index (χ2n) is 5.66. The zero-order chi connectivity index (χ0) is 15.6. The van der Waals surface area contributed by atoms with Gasteiger partial charge in [-0.25, -0.2) is 0 Å². The van der Waals surface area contributed by atoms with Crippen LogP contribution in [0.2, 0.25) is 0 Å². The Morgan fingerprint density at radius 3 is 2.73 bits per heavy atom. The molecule has 0 bridgehead atoms. The predicted octanol–water partition coefficient (Wildman–Crippen LogP) is 3.65. The van der Waals surface area contributed by atoms with Crippen molar-refractivity contribution in [3.63, 3.8) is 0 Å². The number of nitrogens with zero attached hydrogens (tertiary/aromatic N) is 1. The third-order valence-electron chi connectivity index (χ3n) is 4.04. The Labute approximate surface area is 133 Å². The van der Waals surface area contributed by atoms with Crippen LogP contribution in [0.4, 0.5) is 5.69 Å². The van der Waals surface area contributed by atoms with Gasteiger partial charge in [-0.3, -0.25) is 4.79 Å². The highest BCUT2D eigenvalue weighted by molar-refractivity contribution is 5.75. The van der Waals surface area contributed by atoms with Gasteiger partial charge in [0.15, 0.2) is 6.29 Å². The number of aldehydes is 1. The lowest BCUT2D eigenvalue weighted by Crippen LogP contribution is -2.25. The second-order valence-corrected chi connectivity index (χ2v) is 5.66. The van der Waals surface area contributed by atoms with Crippen molar-refractivity contribution in [2.24, 2.45) is 0 Å². The Morgan fingerprint density at radius 2 is 2.09 bits per heavy atom. The Morgan fingerprint density at radius 1 is 1.27 bits per heavy atom. The number of hydrogen-bond donors (Lipinski definition) is 0.